The Morgan fingerprint density at radius 2 is 1.75 bits per heavy atom. The largest absolute Gasteiger partial charge is 0.478 e. The number of carboxylic acids is 1. The van der Waals surface area contributed by atoms with Gasteiger partial charge in [0.05, 0.1) is 11.8 Å². The molecule has 0 saturated heterocycles. The van der Waals surface area contributed by atoms with Crippen molar-refractivity contribution in [3.8, 4) is 11.3 Å². The molecule has 0 spiro atoms. The van der Waals surface area contributed by atoms with Crippen LogP contribution in [0.25, 0.3) is 33.1 Å². The third-order valence-corrected chi connectivity index (χ3v) is 5.03. The molecule has 5 aromatic rings. The predicted octanol–water partition coefficient (Wildman–Crippen LogP) is 5.31. The molecule has 0 aliphatic heterocycles. The zero-order chi connectivity index (χ0) is 22.1. The Hall–Kier alpha value is -4.65. The van der Waals surface area contributed by atoms with Crippen LogP contribution in [0.3, 0.4) is 0 Å². The van der Waals surface area contributed by atoms with E-state index in [1.54, 1.807) is 30.3 Å². The van der Waals surface area contributed by atoms with E-state index in [0.29, 0.717) is 22.7 Å². The van der Waals surface area contributed by atoms with E-state index in [9.17, 15) is 9.59 Å². The van der Waals surface area contributed by atoms with E-state index >= 15 is 0 Å². The van der Waals surface area contributed by atoms with Gasteiger partial charge in [-0.05, 0) is 47.2 Å². The molecule has 32 heavy (non-hydrogen) atoms. The molecule has 0 saturated carbocycles. The second-order valence-corrected chi connectivity index (χ2v) is 7.10. The SMILES string of the molecule is O=C(O)c1cccc(-c2ccc(/C=N/NC(=O)c3cc4c(ccc5ccccc54)o3)o2)c1. The lowest BCUT2D eigenvalue weighted by Gasteiger charge is -1.99. The summed E-state index contributed by atoms with van der Waals surface area (Å²) >= 11 is 0. The fraction of sp³-hybridized carbons (Fsp3) is 0. The molecule has 0 aliphatic carbocycles. The number of hydrogen-bond acceptors (Lipinski definition) is 5. The van der Waals surface area contributed by atoms with E-state index < -0.39 is 11.9 Å². The maximum absolute atomic E-state index is 12.5. The monoisotopic (exact) mass is 424 g/mol. The highest BCUT2D eigenvalue weighted by Gasteiger charge is 2.13. The molecule has 5 rings (SSSR count). The summed E-state index contributed by atoms with van der Waals surface area (Å²) in [5, 5.41) is 16.0. The van der Waals surface area contributed by atoms with Gasteiger partial charge in [-0.25, -0.2) is 10.2 Å². The fourth-order valence-electron chi connectivity index (χ4n) is 3.50. The minimum Gasteiger partial charge on any atom is -0.478 e. The van der Waals surface area contributed by atoms with Crippen LogP contribution in [0.5, 0.6) is 0 Å². The number of benzene rings is 3. The number of carboxylic acid groups (broad SMARTS) is 1. The number of amides is 1. The Labute approximate surface area is 181 Å². The Morgan fingerprint density at radius 1 is 0.875 bits per heavy atom. The van der Waals surface area contributed by atoms with Crippen molar-refractivity contribution in [3.05, 3.63) is 95.9 Å². The van der Waals surface area contributed by atoms with Crippen molar-refractivity contribution in [1.29, 1.82) is 0 Å². The van der Waals surface area contributed by atoms with Gasteiger partial charge in [-0.2, -0.15) is 5.10 Å². The first-order chi connectivity index (χ1) is 15.6. The number of nitrogens with one attached hydrogen (secondary N) is 1. The van der Waals surface area contributed by atoms with E-state index in [1.807, 2.05) is 36.4 Å². The van der Waals surface area contributed by atoms with Crippen molar-refractivity contribution in [2.24, 2.45) is 5.10 Å². The van der Waals surface area contributed by atoms with Crippen LogP contribution in [0.4, 0.5) is 0 Å². The molecular formula is C25H16N2O5. The number of nitrogens with zero attached hydrogens (tertiary/aromatic N) is 1. The highest BCUT2D eigenvalue weighted by molar-refractivity contribution is 6.08. The molecule has 2 heterocycles. The molecule has 2 aromatic heterocycles. The lowest BCUT2D eigenvalue weighted by molar-refractivity contribution is 0.0696. The summed E-state index contributed by atoms with van der Waals surface area (Å²) in [4.78, 5) is 23.6. The van der Waals surface area contributed by atoms with Gasteiger partial charge in [0.1, 0.15) is 17.1 Å². The summed E-state index contributed by atoms with van der Waals surface area (Å²) in [5.74, 6) is -0.454. The van der Waals surface area contributed by atoms with Crippen LogP contribution < -0.4 is 5.43 Å². The van der Waals surface area contributed by atoms with Crippen molar-refractivity contribution in [3.63, 3.8) is 0 Å². The van der Waals surface area contributed by atoms with Gasteiger partial charge in [-0.3, -0.25) is 4.79 Å². The van der Waals surface area contributed by atoms with E-state index in [0.717, 1.165) is 16.2 Å². The lowest BCUT2D eigenvalue weighted by Crippen LogP contribution is -2.16. The average molecular weight is 424 g/mol. The zero-order valence-corrected chi connectivity index (χ0v) is 16.6. The van der Waals surface area contributed by atoms with Crippen LogP contribution in [-0.2, 0) is 0 Å². The highest BCUT2D eigenvalue weighted by Crippen LogP contribution is 2.28. The number of hydrogen-bond donors (Lipinski definition) is 2. The number of carbonyl (C=O) groups excluding carboxylic acids is 1. The van der Waals surface area contributed by atoms with Gasteiger partial charge in [0.25, 0.3) is 0 Å². The Bertz CT molecular complexity index is 1510. The van der Waals surface area contributed by atoms with E-state index in [2.05, 4.69) is 10.5 Å². The van der Waals surface area contributed by atoms with Gasteiger partial charge in [0.2, 0.25) is 0 Å². The second-order valence-electron chi connectivity index (χ2n) is 7.10. The summed E-state index contributed by atoms with van der Waals surface area (Å²) in [5.41, 5.74) is 3.85. The van der Waals surface area contributed by atoms with E-state index in [1.165, 1.54) is 18.3 Å². The third-order valence-electron chi connectivity index (χ3n) is 5.03. The molecule has 0 bridgehead atoms. The standard InChI is InChI=1S/C25H16N2O5/c28-24(23-13-20-19-7-2-1-4-15(19)8-10-22(20)32-23)27-26-14-18-9-11-21(31-18)16-5-3-6-17(12-16)25(29)30/h1-14H,(H,27,28)(H,29,30)/b26-14+. The van der Waals surface area contributed by atoms with Crippen LogP contribution >= 0.6 is 0 Å². The molecule has 2 N–H and O–H groups in total. The number of furan rings is 2. The van der Waals surface area contributed by atoms with Crippen molar-refractivity contribution in [1.82, 2.24) is 5.43 Å². The first kappa shape index (κ1) is 19.3. The molecule has 0 fully saturated rings. The number of hydrazone groups is 1. The lowest BCUT2D eigenvalue weighted by atomic mass is 10.1. The van der Waals surface area contributed by atoms with Gasteiger partial charge in [0.15, 0.2) is 5.76 Å². The topological polar surface area (TPSA) is 105 Å². The van der Waals surface area contributed by atoms with Crippen LogP contribution in [0.2, 0.25) is 0 Å². The summed E-state index contributed by atoms with van der Waals surface area (Å²) in [6, 6.07) is 23.2. The van der Waals surface area contributed by atoms with Gasteiger partial charge >= 0.3 is 11.9 Å². The minimum atomic E-state index is -1.01. The minimum absolute atomic E-state index is 0.152. The van der Waals surface area contributed by atoms with Crippen LogP contribution in [0.15, 0.2) is 92.8 Å². The normalized spacial score (nSPS) is 11.4. The Balaban J connectivity index is 1.31. The summed E-state index contributed by atoms with van der Waals surface area (Å²) in [6.07, 6.45) is 1.36. The van der Waals surface area contributed by atoms with Gasteiger partial charge in [-0.1, -0.05) is 42.5 Å². The number of aromatic carboxylic acids is 1. The first-order valence-corrected chi connectivity index (χ1v) is 9.77. The quantitative estimate of drug-likeness (QED) is 0.294. The van der Waals surface area contributed by atoms with Gasteiger partial charge in [-0.15, -0.1) is 0 Å². The molecule has 156 valence electrons. The average Bonchev–Trinajstić information content (AvgIpc) is 3.46. The van der Waals surface area contributed by atoms with Gasteiger partial charge in [0, 0.05) is 10.9 Å². The molecule has 0 unspecified atom stereocenters. The number of fused-ring (bicyclic) bond motifs is 3. The Morgan fingerprint density at radius 3 is 2.62 bits per heavy atom. The van der Waals surface area contributed by atoms with E-state index in [-0.39, 0.29) is 11.3 Å². The predicted molar refractivity (Wildman–Crippen MR) is 120 cm³/mol. The van der Waals surface area contributed by atoms with Crippen LogP contribution in [-0.4, -0.2) is 23.2 Å². The molecule has 3 aromatic carbocycles. The molecule has 7 heteroatoms. The van der Waals surface area contributed by atoms with Crippen LogP contribution in [0.1, 0.15) is 26.7 Å². The van der Waals surface area contributed by atoms with Crippen molar-refractivity contribution in [2.45, 2.75) is 0 Å². The van der Waals surface area contributed by atoms with Crippen molar-refractivity contribution < 1.29 is 23.5 Å². The molecule has 7 nitrogen and oxygen atoms in total. The smallest absolute Gasteiger partial charge is 0.335 e. The molecule has 0 aliphatic rings. The summed E-state index contributed by atoms with van der Waals surface area (Å²) in [7, 11) is 0. The first-order valence-electron chi connectivity index (χ1n) is 9.77. The maximum atomic E-state index is 12.5. The summed E-state index contributed by atoms with van der Waals surface area (Å²) < 4.78 is 11.3. The molecule has 0 atom stereocenters. The molecular weight excluding hydrogens is 408 g/mol. The molecule has 0 radical (unpaired) electrons. The second kappa shape index (κ2) is 7.88. The Kier molecular flexibility index (Phi) is 4.76. The highest BCUT2D eigenvalue weighted by atomic mass is 16.4. The fourth-order valence-corrected chi connectivity index (χ4v) is 3.50. The number of rotatable bonds is 5. The van der Waals surface area contributed by atoms with Crippen LogP contribution in [0, 0.1) is 0 Å². The summed E-state index contributed by atoms with van der Waals surface area (Å²) in [6.45, 7) is 0. The number of carbonyl (C=O) groups is 2. The molecule has 1 amide bonds. The van der Waals surface area contributed by atoms with Gasteiger partial charge < -0.3 is 13.9 Å². The maximum Gasteiger partial charge on any atom is 0.335 e. The third kappa shape index (κ3) is 3.63. The van der Waals surface area contributed by atoms with Crippen molar-refractivity contribution in [2.75, 3.05) is 0 Å². The van der Waals surface area contributed by atoms with Crippen molar-refractivity contribution >= 4 is 39.8 Å². The zero-order valence-electron chi connectivity index (χ0n) is 16.6. The van der Waals surface area contributed by atoms with E-state index in [4.69, 9.17) is 13.9 Å².